The van der Waals surface area contributed by atoms with Gasteiger partial charge < -0.3 is 4.90 Å². The van der Waals surface area contributed by atoms with Crippen LogP contribution < -0.4 is 0 Å². The predicted octanol–water partition coefficient (Wildman–Crippen LogP) is 1.75. The van der Waals surface area contributed by atoms with Gasteiger partial charge >= 0.3 is 0 Å². The minimum absolute atomic E-state index is 0.268. The number of thioether (sulfide) groups is 1. The number of likely N-dealkylation sites (tertiary alicyclic amines) is 1. The summed E-state index contributed by atoms with van der Waals surface area (Å²) in [5.41, 5.74) is 0. The minimum Gasteiger partial charge on any atom is -0.306 e. The van der Waals surface area contributed by atoms with Gasteiger partial charge in [0.2, 0.25) is 0 Å². The molecule has 1 fully saturated rings. The normalized spacial score (nSPS) is 26.7. The molecule has 1 aliphatic heterocycles. The Labute approximate surface area is 78.7 Å². The molecule has 0 aromatic rings. The van der Waals surface area contributed by atoms with E-state index in [0.29, 0.717) is 5.25 Å². The van der Waals surface area contributed by atoms with Gasteiger partial charge in [0.25, 0.3) is 0 Å². The smallest absolute Gasteiger partial charge is 0.186 e. The highest BCUT2D eigenvalue weighted by atomic mass is 32.2. The second kappa shape index (κ2) is 4.87. The highest BCUT2D eigenvalue weighted by molar-refractivity contribution is 8.14. The van der Waals surface area contributed by atoms with Gasteiger partial charge in [-0.3, -0.25) is 4.79 Å². The van der Waals surface area contributed by atoms with Crippen molar-refractivity contribution in [2.75, 3.05) is 20.1 Å². The molecule has 2 nitrogen and oxygen atoms in total. The number of hydrogen-bond acceptors (Lipinski definition) is 3. The first-order valence-corrected chi connectivity index (χ1v) is 5.42. The summed E-state index contributed by atoms with van der Waals surface area (Å²) in [7, 11) is 2.15. The van der Waals surface area contributed by atoms with Crippen LogP contribution in [0.2, 0.25) is 0 Å². The van der Waals surface area contributed by atoms with E-state index in [-0.39, 0.29) is 5.12 Å². The largest absolute Gasteiger partial charge is 0.306 e. The third-order valence-electron chi connectivity index (χ3n) is 2.23. The highest BCUT2D eigenvalue weighted by Crippen LogP contribution is 2.23. The summed E-state index contributed by atoms with van der Waals surface area (Å²) in [6.45, 7) is 4.00. The summed E-state index contributed by atoms with van der Waals surface area (Å²) in [6, 6.07) is 0. The molecular formula is C9H17NOS. The van der Waals surface area contributed by atoms with Crippen molar-refractivity contribution in [3.63, 3.8) is 0 Å². The molecule has 0 radical (unpaired) electrons. The lowest BCUT2D eigenvalue weighted by atomic mass is 10.2. The van der Waals surface area contributed by atoms with Crippen LogP contribution in [0.4, 0.5) is 0 Å². The van der Waals surface area contributed by atoms with E-state index in [1.165, 1.54) is 37.6 Å². The van der Waals surface area contributed by atoms with Crippen molar-refractivity contribution in [1.82, 2.24) is 4.90 Å². The van der Waals surface area contributed by atoms with Gasteiger partial charge in [-0.05, 0) is 39.4 Å². The van der Waals surface area contributed by atoms with Crippen LogP contribution in [-0.2, 0) is 4.79 Å². The van der Waals surface area contributed by atoms with E-state index in [4.69, 9.17) is 0 Å². The van der Waals surface area contributed by atoms with Crippen LogP contribution in [0.25, 0.3) is 0 Å². The molecule has 1 unspecified atom stereocenters. The van der Waals surface area contributed by atoms with Gasteiger partial charge in [0.05, 0.1) is 0 Å². The van der Waals surface area contributed by atoms with Crippen LogP contribution in [0.1, 0.15) is 26.2 Å². The van der Waals surface area contributed by atoms with Crippen molar-refractivity contribution in [3.8, 4) is 0 Å². The molecule has 0 bridgehead atoms. The van der Waals surface area contributed by atoms with E-state index in [1.807, 2.05) is 0 Å². The lowest BCUT2D eigenvalue weighted by Crippen LogP contribution is -2.19. The van der Waals surface area contributed by atoms with Crippen LogP contribution in [-0.4, -0.2) is 35.4 Å². The van der Waals surface area contributed by atoms with E-state index < -0.39 is 0 Å². The minimum atomic E-state index is 0.268. The summed E-state index contributed by atoms with van der Waals surface area (Å²) in [5, 5.41) is 0.844. The lowest BCUT2D eigenvalue weighted by Gasteiger charge is -2.12. The maximum Gasteiger partial charge on any atom is 0.186 e. The molecule has 0 aliphatic carbocycles. The molecule has 0 amide bonds. The Kier molecular flexibility index (Phi) is 4.09. The second-order valence-electron chi connectivity index (χ2n) is 3.47. The maximum atomic E-state index is 10.9. The molecule has 0 aromatic heterocycles. The molecule has 0 spiro atoms. The van der Waals surface area contributed by atoms with Gasteiger partial charge in [-0.25, -0.2) is 0 Å². The Morgan fingerprint density at radius 1 is 1.42 bits per heavy atom. The first-order valence-electron chi connectivity index (χ1n) is 4.54. The van der Waals surface area contributed by atoms with E-state index in [9.17, 15) is 4.79 Å². The van der Waals surface area contributed by atoms with E-state index in [1.54, 1.807) is 6.92 Å². The van der Waals surface area contributed by atoms with Crippen LogP contribution in [0, 0.1) is 0 Å². The molecule has 1 saturated heterocycles. The monoisotopic (exact) mass is 187 g/mol. The zero-order chi connectivity index (χ0) is 8.97. The lowest BCUT2D eigenvalue weighted by molar-refractivity contribution is -0.109. The van der Waals surface area contributed by atoms with Gasteiger partial charge in [-0.1, -0.05) is 11.8 Å². The fourth-order valence-electron chi connectivity index (χ4n) is 1.56. The molecule has 3 heteroatoms. The van der Waals surface area contributed by atoms with Crippen molar-refractivity contribution >= 4 is 16.9 Å². The number of nitrogens with zero attached hydrogens (tertiary/aromatic N) is 1. The summed E-state index contributed by atoms with van der Waals surface area (Å²) in [6.07, 6.45) is 3.61. The molecule has 0 saturated carbocycles. The van der Waals surface area contributed by atoms with Gasteiger partial charge in [-0.2, -0.15) is 0 Å². The van der Waals surface area contributed by atoms with Crippen molar-refractivity contribution in [1.29, 1.82) is 0 Å². The summed E-state index contributed by atoms with van der Waals surface area (Å²) in [5.74, 6) is 0. The fourth-order valence-corrected chi connectivity index (χ4v) is 2.54. The third-order valence-corrected chi connectivity index (χ3v) is 3.37. The first kappa shape index (κ1) is 10.1. The Balaban J connectivity index is 2.30. The average Bonchev–Trinajstić information content (AvgIpc) is 2.15. The van der Waals surface area contributed by atoms with E-state index in [2.05, 4.69) is 11.9 Å². The van der Waals surface area contributed by atoms with Crippen molar-refractivity contribution in [2.24, 2.45) is 0 Å². The topological polar surface area (TPSA) is 20.3 Å². The number of carbonyl (C=O) groups excluding carboxylic acids is 1. The molecule has 0 N–H and O–H groups in total. The SMILES string of the molecule is CC(=O)SC1CCCN(C)CC1. The Morgan fingerprint density at radius 3 is 2.83 bits per heavy atom. The molecule has 1 aliphatic rings. The molecular weight excluding hydrogens is 170 g/mol. The van der Waals surface area contributed by atoms with Gasteiger partial charge in [0, 0.05) is 12.2 Å². The zero-order valence-corrected chi connectivity index (χ0v) is 8.69. The van der Waals surface area contributed by atoms with E-state index >= 15 is 0 Å². The van der Waals surface area contributed by atoms with Gasteiger partial charge in [0.1, 0.15) is 0 Å². The standard InChI is InChI=1S/C9H17NOS/c1-8(11)12-9-4-3-6-10(2)7-5-9/h9H,3-7H2,1-2H3. The van der Waals surface area contributed by atoms with E-state index in [0.717, 1.165) is 6.54 Å². The Morgan fingerprint density at radius 2 is 2.17 bits per heavy atom. The summed E-state index contributed by atoms with van der Waals surface area (Å²) >= 11 is 1.53. The van der Waals surface area contributed by atoms with Crippen molar-refractivity contribution in [3.05, 3.63) is 0 Å². The second-order valence-corrected chi connectivity index (χ2v) is 4.94. The average molecular weight is 187 g/mol. The summed E-state index contributed by atoms with van der Waals surface area (Å²) in [4.78, 5) is 13.2. The molecule has 1 rings (SSSR count). The quantitative estimate of drug-likeness (QED) is 0.624. The molecule has 1 heterocycles. The third kappa shape index (κ3) is 3.59. The zero-order valence-electron chi connectivity index (χ0n) is 7.88. The number of rotatable bonds is 1. The molecule has 70 valence electrons. The van der Waals surface area contributed by atoms with Crippen LogP contribution >= 0.6 is 11.8 Å². The summed E-state index contributed by atoms with van der Waals surface area (Å²) < 4.78 is 0. The Bertz CT molecular complexity index is 161. The molecule has 0 aromatic carbocycles. The molecule has 12 heavy (non-hydrogen) atoms. The molecule has 1 atom stereocenters. The predicted molar refractivity (Wildman–Crippen MR) is 53.4 cm³/mol. The Hall–Kier alpha value is -0.0200. The maximum absolute atomic E-state index is 10.9. The van der Waals surface area contributed by atoms with Gasteiger partial charge in [0.15, 0.2) is 5.12 Å². The first-order chi connectivity index (χ1) is 5.68. The fraction of sp³-hybridized carbons (Fsp3) is 0.889. The van der Waals surface area contributed by atoms with Crippen molar-refractivity contribution < 1.29 is 4.79 Å². The number of carbonyl (C=O) groups is 1. The van der Waals surface area contributed by atoms with Crippen LogP contribution in [0.3, 0.4) is 0 Å². The van der Waals surface area contributed by atoms with Crippen LogP contribution in [0.15, 0.2) is 0 Å². The number of hydrogen-bond donors (Lipinski definition) is 0. The van der Waals surface area contributed by atoms with Gasteiger partial charge in [-0.15, -0.1) is 0 Å². The van der Waals surface area contributed by atoms with Crippen LogP contribution in [0.5, 0.6) is 0 Å². The van der Waals surface area contributed by atoms with Crippen molar-refractivity contribution in [2.45, 2.75) is 31.4 Å². The highest BCUT2D eigenvalue weighted by Gasteiger charge is 2.16.